The van der Waals surface area contributed by atoms with Crippen LogP contribution in [0.25, 0.3) is 10.9 Å². The maximum absolute atomic E-state index is 12.9. The molecule has 0 aliphatic heterocycles. The summed E-state index contributed by atoms with van der Waals surface area (Å²) in [6.07, 6.45) is 6.78. The van der Waals surface area contributed by atoms with Crippen molar-refractivity contribution in [1.82, 2.24) is 14.5 Å². The number of nitrogens with zero attached hydrogens (tertiary/aromatic N) is 3. The molecule has 2 aromatic heterocycles. The van der Waals surface area contributed by atoms with Gasteiger partial charge >= 0.3 is 0 Å². The lowest BCUT2D eigenvalue weighted by Gasteiger charge is -2.14. The Bertz CT molecular complexity index is 954. The molecule has 7 heteroatoms. The van der Waals surface area contributed by atoms with Crippen LogP contribution in [0.15, 0.2) is 41.7 Å². The lowest BCUT2D eigenvalue weighted by molar-refractivity contribution is 0.326. The summed E-state index contributed by atoms with van der Waals surface area (Å²) in [5, 5.41) is 0.434. The number of aromatic nitrogens is 3. The maximum Gasteiger partial charge on any atom is 0.261 e. The van der Waals surface area contributed by atoms with Crippen molar-refractivity contribution in [3.8, 4) is 17.2 Å². The Morgan fingerprint density at radius 3 is 2.58 bits per heavy atom. The van der Waals surface area contributed by atoms with Crippen LogP contribution < -0.4 is 19.8 Å². The Kier molecular flexibility index (Phi) is 5.36. The van der Waals surface area contributed by atoms with Gasteiger partial charge in [0.2, 0.25) is 5.75 Å². The van der Waals surface area contributed by atoms with Crippen molar-refractivity contribution >= 4 is 10.9 Å². The van der Waals surface area contributed by atoms with Gasteiger partial charge in [-0.3, -0.25) is 14.3 Å². The number of aryl methyl sites for hydroxylation is 2. The van der Waals surface area contributed by atoms with E-state index >= 15 is 0 Å². The molecule has 0 amide bonds. The van der Waals surface area contributed by atoms with E-state index in [4.69, 9.17) is 14.2 Å². The lowest BCUT2D eigenvalue weighted by Crippen LogP contribution is -2.21. The summed E-state index contributed by atoms with van der Waals surface area (Å²) < 4.78 is 17.7. The first-order valence-electron chi connectivity index (χ1n) is 8.26. The highest BCUT2D eigenvalue weighted by Gasteiger charge is 2.19. The highest BCUT2D eigenvalue weighted by molar-refractivity contribution is 5.89. The van der Waals surface area contributed by atoms with Crippen molar-refractivity contribution < 1.29 is 14.2 Å². The molecule has 0 aliphatic carbocycles. The monoisotopic (exact) mass is 355 g/mol. The minimum absolute atomic E-state index is 0.138. The van der Waals surface area contributed by atoms with Gasteiger partial charge in [-0.05, 0) is 30.5 Å². The predicted molar refractivity (Wildman–Crippen MR) is 98.2 cm³/mol. The number of hydrogen-bond acceptors (Lipinski definition) is 6. The first kappa shape index (κ1) is 17.7. The molecule has 2 heterocycles. The number of benzene rings is 1. The Hall–Kier alpha value is -3.09. The molecule has 0 N–H and O–H groups in total. The summed E-state index contributed by atoms with van der Waals surface area (Å²) in [6, 6.07) is 5.57. The molecule has 3 rings (SSSR count). The van der Waals surface area contributed by atoms with Gasteiger partial charge in [-0.2, -0.15) is 0 Å². The van der Waals surface area contributed by atoms with Gasteiger partial charge in [-0.15, -0.1) is 0 Å². The van der Waals surface area contributed by atoms with Crippen LogP contribution in [0.5, 0.6) is 17.2 Å². The maximum atomic E-state index is 12.9. The Morgan fingerprint density at radius 2 is 1.92 bits per heavy atom. The molecular weight excluding hydrogens is 334 g/mol. The zero-order valence-electron chi connectivity index (χ0n) is 15.1. The standard InChI is InChI=1S/C19H21N3O4/c1-24-15-10-14-16(18(26-3)17(15)25-2)21-12-22(19(14)23)9-5-7-13-6-4-8-20-11-13/h4,6,8,10-12H,5,7,9H2,1-3H3. The molecule has 136 valence electrons. The van der Waals surface area contributed by atoms with Gasteiger partial charge in [0.05, 0.1) is 33.0 Å². The summed E-state index contributed by atoms with van der Waals surface area (Å²) in [5.74, 6) is 1.24. The molecule has 3 aromatic rings. The molecule has 0 atom stereocenters. The Balaban J connectivity index is 1.94. The molecule has 7 nitrogen and oxygen atoms in total. The summed E-state index contributed by atoms with van der Waals surface area (Å²) in [5.41, 5.74) is 1.46. The average molecular weight is 355 g/mol. The Morgan fingerprint density at radius 1 is 1.12 bits per heavy atom. The largest absolute Gasteiger partial charge is 0.493 e. The van der Waals surface area contributed by atoms with Crippen molar-refractivity contribution in [3.63, 3.8) is 0 Å². The van der Waals surface area contributed by atoms with Crippen molar-refractivity contribution in [3.05, 3.63) is 52.8 Å². The van der Waals surface area contributed by atoms with Crippen molar-refractivity contribution in [2.24, 2.45) is 0 Å². The normalized spacial score (nSPS) is 10.7. The molecule has 0 fully saturated rings. The van der Waals surface area contributed by atoms with E-state index < -0.39 is 0 Å². The smallest absolute Gasteiger partial charge is 0.261 e. The third-order valence-electron chi connectivity index (χ3n) is 4.21. The van der Waals surface area contributed by atoms with E-state index in [0.717, 1.165) is 18.4 Å². The minimum atomic E-state index is -0.138. The van der Waals surface area contributed by atoms with E-state index in [1.807, 2.05) is 18.3 Å². The van der Waals surface area contributed by atoms with E-state index in [9.17, 15) is 4.79 Å². The van der Waals surface area contributed by atoms with E-state index in [0.29, 0.717) is 34.7 Å². The number of fused-ring (bicyclic) bond motifs is 1. The second-order valence-electron chi connectivity index (χ2n) is 5.75. The second kappa shape index (κ2) is 7.86. The number of pyridine rings is 1. The fourth-order valence-corrected chi connectivity index (χ4v) is 2.93. The van der Waals surface area contributed by atoms with Gasteiger partial charge in [0.1, 0.15) is 5.52 Å². The molecule has 1 aromatic carbocycles. The van der Waals surface area contributed by atoms with Crippen LogP contribution in [0, 0.1) is 0 Å². The fourth-order valence-electron chi connectivity index (χ4n) is 2.93. The molecule has 0 saturated heterocycles. The average Bonchev–Trinajstić information content (AvgIpc) is 2.69. The first-order chi connectivity index (χ1) is 12.7. The zero-order chi connectivity index (χ0) is 18.5. The summed E-state index contributed by atoms with van der Waals surface area (Å²) in [4.78, 5) is 21.4. The number of hydrogen-bond donors (Lipinski definition) is 0. The van der Waals surface area contributed by atoms with Crippen LogP contribution in [0.2, 0.25) is 0 Å². The molecule has 0 unspecified atom stereocenters. The van der Waals surface area contributed by atoms with Crippen molar-refractivity contribution in [2.45, 2.75) is 19.4 Å². The van der Waals surface area contributed by atoms with Crippen LogP contribution in [0.1, 0.15) is 12.0 Å². The van der Waals surface area contributed by atoms with Gasteiger partial charge < -0.3 is 14.2 Å². The molecular formula is C19H21N3O4. The van der Waals surface area contributed by atoms with Crippen LogP contribution in [0.4, 0.5) is 0 Å². The van der Waals surface area contributed by atoms with E-state index in [-0.39, 0.29) is 5.56 Å². The molecule has 26 heavy (non-hydrogen) atoms. The first-order valence-corrected chi connectivity index (χ1v) is 8.26. The highest BCUT2D eigenvalue weighted by atomic mass is 16.5. The number of rotatable bonds is 7. The lowest BCUT2D eigenvalue weighted by atomic mass is 10.1. The van der Waals surface area contributed by atoms with Crippen LogP contribution >= 0.6 is 0 Å². The molecule has 0 spiro atoms. The van der Waals surface area contributed by atoms with Gasteiger partial charge in [0.25, 0.3) is 5.56 Å². The predicted octanol–water partition coefficient (Wildman–Crippen LogP) is 2.45. The highest BCUT2D eigenvalue weighted by Crippen LogP contribution is 2.41. The van der Waals surface area contributed by atoms with E-state index in [1.165, 1.54) is 21.3 Å². The Labute approximate surface area is 151 Å². The summed E-state index contributed by atoms with van der Waals surface area (Å²) in [7, 11) is 4.55. The van der Waals surface area contributed by atoms with Gasteiger partial charge in [0, 0.05) is 18.9 Å². The second-order valence-corrected chi connectivity index (χ2v) is 5.75. The van der Waals surface area contributed by atoms with Crippen molar-refractivity contribution in [1.29, 1.82) is 0 Å². The number of ether oxygens (including phenoxy) is 3. The minimum Gasteiger partial charge on any atom is -0.493 e. The van der Waals surface area contributed by atoms with Crippen molar-refractivity contribution in [2.75, 3.05) is 21.3 Å². The zero-order valence-corrected chi connectivity index (χ0v) is 15.1. The van der Waals surface area contributed by atoms with Crippen LogP contribution in [0.3, 0.4) is 0 Å². The van der Waals surface area contributed by atoms with Gasteiger partial charge in [0.15, 0.2) is 11.5 Å². The molecule has 0 aliphatic rings. The third kappa shape index (κ3) is 3.33. The van der Waals surface area contributed by atoms with E-state index in [2.05, 4.69) is 9.97 Å². The SMILES string of the molecule is COc1cc2c(=O)n(CCCc3cccnc3)cnc2c(OC)c1OC. The topological polar surface area (TPSA) is 75.5 Å². The van der Waals surface area contributed by atoms with Gasteiger partial charge in [-0.1, -0.05) is 6.07 Å². The molecule has 0 radical (unpaired) electrons. The van der Waals surface area contributed by atoms with E-state index in [1.54, 1.807) is 23.2 Å². The van der Waals surface area contributed by atoms with Crippen LogP contribution in [-0.2, 0) is 13.0 Å². The number of methoxy groups -OCH3 is 3. The van der Waals surface area contributed by atoms with Gasteiger partial charge in [-0.25, -0.2) is 4.98 Å². The summed E-state index contributed by atoms with van der Waals surface area (Å²) >= 11 is 0. The molecule has 0 bridgehead atoms. The quantitative estimate of drug-likeness (QED) is 0.648. The summed E-state index contributed by atoms with van der Waals surface area (Å²) in [6.45, 7) is 0.563. The fraction of sp³-hybridized carbons (Fsp3) is 0.316. The molecule has 0 saturated carbocycles. The van der Waals surface area contributed by atoms with Crippen LogP contribution in [-0.4, -0.2) is 35.9 Å². The third-order valence-corrected chi connectivity index (χ3v) is 4.21.